The van der Waals surface area contributed by atoms with Crippen molar-refractivity contribution >= 4 is 0 Å². The molecule has 0 heterocycles. The highest BCUT2D eigenvalue weighted by molar-refractivity contribution is 5.42. The van der Waals surface area contributed by atoms with E-state index in [-0.39, 0.29) is 5.41 Å². The first-order valence-electron chi connectivity index (χ1n) is 5.61. The Morgan fingerprint density at radius 1 is 1.07 bits per heavy atom. The van der Waals surface area contributed by atoms with Gasteiger partial charge in [-0.25, -0.2) is 0 Å². The van der Waals surface area contributed by atoms with Gasteiger partial charge >= 0.3 is 0 Å². The van der Waals surface area contributed by atoms with Crippen LogP contribution in [0.25, 0.3) is 0 Å². The summed E-state index contributed by atoms with van der Waals surface area (Å²) >= 11 is 0. The van der Waals surface area contributed by atoms with Crippen LogP contribution in [0.3, 0.4) is 0 Å². The molecule has 0 bridgehead atoms. The minimum absolute atomic E-state index is 0.205. The molecule has 0 atom stereocenters. The maximum atomic E-state index is 3.28. The summed E-state index contributed by atoms with van der Waals surface area (Å²) in [6.45, 7) is 12.2. The van der Waals surface area contributed by atoms with E-state index in [1.807, 2.05) is 7.05 Å². The van der Waals surface area contributed by atoms with Gasteiger partial charge in [-0.3, -0.25) is 0 Å². The van der Waals surface area contributed by atoms with E-state index in [2.05, 4.69) is 52.1 Å². The van der Waals surface area contributed by atoms with E-state index in [1.165, 1.54) is 22.3 Å². The van der Waals surface area contributed by atoms with Crippen molar-refractivity contribution in [2.24, 2.45) is 0 Å². The van der Waals surface area contributed by atoms with E-state index < -0.39 is 0 Å². The highest BCUT2D eigenvalue weighted by Crippen LogP contribution is 2.29. The molecule has 0 aromatic heterocycles. The highest BCUT2D eigenvalue weighted by atomic mass is 14.8. The smallest absolute Gasteiger partial charge is 0.00403 e. The first-order valence-corrected chi connectivity index (χ1v) is 5.61. The fraction of sp³-hybridized carbons (Fsp3) is 0.571. The second-order valence-corrected chi connectivity index (χ2v) is 5.19. The highest BCUT2D eigenvalue weighted by Gasteiger charge is 2.23. The third-order valence-corrected chi connectivity index (χ3v) is 2.97. The van der Waals surface area contributed by atoms with Gasteiger partial charge in [-0.15, -0.1) is 0 Å². The zero-order valence-electron chi connectivity index (χ0n) is 10.9. The zero-order valence-corrected chi connectivity index (χ0v) is 10.9. The van der Waals surface area contributed by atoms with E-state index in [0.717, 1.165) is 6.54 Å². The van der Waals surface area contributed by atoms with E-state index >= 15 is 0 Å². The third kappa shape index (κ3) is 2.60. The van der Waals surface area contributed by atoms with Gasteiger partial charge in [0.05, 0.1) is 0 Å². The summed E-state index contributed by atoms with van der Waals surface area (Å²) in [5, 5.41) is 3.28. The predicted octanol–water partition coefficient (Wildman–Crippen LogP) is 3.11. The Hall–Kier alpha value is -0.820. The van der Waals surface area contributed by atoms with Crippen LogP contribution in [0.5, 0.6) is 0 Å². The quantitative estimate of drug-likeness (QED) is 0.799. The van der Waals surface area contributed by atoms with Gasteiger partial charge in [0.1, 0.15) is 0 Å². The van der Waals surface area contributed by atoms with Crippen molar-refractivity contribution in [2.75, 3.05) is 13.6 Å². The molecule has 1 N–H and O–H groups in total. The molecule has 15 heavy (non-hydrogen) atoms. The molecule has 0 aliphatic heterocycles. The minimum atomic E-state index is 0.205. The zero-order chi connectivity index (χ0) is 11.6. The molecule has 1 rings (SSSR count). The fourth-order valence-corrected chi connectivity index (χ4v) is 2.78. The Morgan fingerprint density at radius 2 is 1.53 bits per heavy atom. The average Bonchev–Trinajstić information content (AvgIpc) is 1.99. The van der Waals surface area contributed by atoms with Crippen molar-refractivity contribution < 1.29 is 0 Å². The lowest BCUT2D eigenvalue weighted by Crippen LogP contribution is -2.32. The van der Waals surface area contributed by atoms with Crippen molar-refractivity contribution in [3.8, 4) is 0 Å². The molecule has 0 aliphatic rings. The predicted molar refractivity (Wildman–Crippen MR) is 67.6 cm³/mol. The maximum absolute atomic E-state index is 3.28. The van der Waals surface area contributed by atoms with Crippen LogP contribution in [0, 0.1) is 20.8 Å². The number of hydrogen-bond donors (Lipinski definition) is 1. The monoisotopic (exact) mass is 205 g/mol. The number of nitrogens with one attached hydrogen (secondary N) is 1. The van der Waals surface area contributed by atoms with Gasteiger partial charge in [0, 0.05) is 12.0 Å². The lowest BCUT2D eigenvalue weighted by atomic mass is 9.79. The number of hydrogen-bond acceptors (Lipinski definition) is 1. The number of aryl methyl sites for hydroxylation is 3. The van der Waals surface area contributed by atoms with Gasteiger partial charge in [-0.2, -0.15) is 0 Å². The third-order valence-electron chi connectivity index (χ3n) is 2.97. The Kier molecular flexibility index (Phi) is 3.56. The molecular weight excluding hydrogens is 182 g/mol. The van der Waals surface area contributed by atoms with Gasteiger partial charge < -0.3 is 5.32 Å². The van der Waals surface area contributed by atoms with Crippen LogP contribution in [-0.2, 0) is 5.41 Å². The SMILES string of the molecule is CNCC(C)(C)c1c(C)cc(C)cc1C. The molecular formula is C14H23N. The van der Waals surface area contributed by atoms with Crippen LogP contribution in [-0.4, -0.2) is 13.6 Å². The van der Waals surface area contributed by atoms with Crippen molar-refractivity contribution in [3.63, 3.8) is 0 Å². The summed E-state index contributed by atoms with van der Waals surface area (Å²) in [5.74, 6) is 0. The van der Waals surface area contributed by atoms with Crippen LogP contribution in [0.2, 0.25) is 0 Å². The number of benzene rings is 1. The Labute approximate surface area is 93.9 Å². The van der Waals surface area contributed by atoms with Crippen molar-refractivity contribution in [2.45, 2.75) is 40.0 Å². The minimum Gasteiger partial charge on any atom is -0.319 e. The summed E-state index contributed by atoms with van der Waals surface area (Å²) in [7, 11) is 2.01. The van der Waals surface area contributed by atoms with Crippen LogP contribution >= 0.6 is 0 Å². The molecule has 84 valence electrons. The molecule has 0 fully saturated rings. The number of rotatable bonds is 3. The molecule has 0 radical (unpaired) electrons. The first kappa shape index (κ1) is 12.3. The molecule has 0 aliphatic carbocycles. The molecule has 1 aromatic rings. The van der Waals surface area contributed by atoms with E-state index in [4.69, 9.17) is 0 Å². The molecule has 1 heteroatoms. The Bertz CT molecular complexity index is 327. The summed E-state index contributed by atoms with van der Waals surface area (Å²) in [5.41, 5.74) is 5.87. The number of likely N-dealkylation sites (N-methyl/N-ethyl adjacent to an activating group) is 1. The molecule has 1 aromatic carbocycles. The molecule has 0 spiro atoms. The summed E-state index contributed by atoms with van der Waals surface area (Å²) < 4.78 is 0. The summed E-state index contributed by atoms with van der Waals surface area (Å²) in [6.07, 6.45) is 0. The van der Waals surface area contributed by atoms with E-state index in [1.54, 1.807) is 0 Å². The maximum Gasteiger partial charge on any atom is 0.00403 e. The molecule has 0 amide bonds. The second kappa shape index (κ2) is 4.36. The van der Waals surface area contributed by atoms with Crippen molar-refractivity contribution in [3.05, 3.63) is 34.4 Å². The van der Waals surface area contributed by atoms with Gasteiger partial charge in [-0.1, -0.05) is 31.5 Å². The lowest BCUT2D eigenvalue weighted by molar-refractivity contribution is 0.489. The van der Waals surface area contributed by atoms with Gasteiger partial charge in [0.2, 0.25) is 0 Å². The van der Waals surface area contributed by atoms with Gasteiger partial charge in [0.15, 0.2) is 0 Å². The van der Waals surface area contributed by atoms with Crippen LogP contribution in [0.1, 0.15) is 36.1 Å². The topological polar surface area (TPSA) is 12.0 Å². The van der Waals surface area contributed by atoms with Crippen LogP contribution in [0.15, 0.2) is 12.1 Å². The standard InChI is InChI=1S/C14H23N/c1-10-7-11(2)13(12(3)8-10)14(4,5)9-15-6/h7-8,15H,9H2,1-6H3. The molecule has 1 nitrogen and oxygen atoms in total. The average molecular weight is 205 g/mol. The lowest BCUT2D eigenvalue weighted by Gasteiger charge is -2.29. The summed E-state index contributed by atoms with van der Waals surface area (Å²) in [6, 6.07) is 4.56. The van der Waals surface area contributed by atoms with Gasteiger partial charge in [-0.05, 0) is 44.5 Å². The fourth-order valence-electron chi connectivity index (χ4n) is 2.78. The van der Waals surface area contributed by atoms with E-state index in [0.29, 0.717) is 0 Å². The van der Waals surface area contributed by atoms with Gasteiger partial charge in [0.25, 0.3) is 0 Å². The molecule has 0 saturated carbocycles. The van der Waals surface area contributed by atoms with Crippen molar-refractivity contribution in [1.29, 1.82) is 0 Å². The normalized spacial score (nSPS) is 11.9. The summed E-state index contributed by atoms with van der Waals surface area (Å²) in [4.78, 5) is 0. The molecule has 0 unspecified atom stereocenters. The van der Waals surface area contributed by atoms with Crippen LogP contribution in [0.4, 0.5) is 0 Å². The first-order chi connectivity index (χ1) is 6.88. The Balaban J connectivity index is 3.24. The van der Waals surface area contributed by atoms with Crippen molar-refractivity contribution in [1.82, 2.24) is 5.32 Å². The Morgan fingerprint density at radius 3 is 1.93 bits per heavy atom. The largest absolute Gasteiger partial charge is 0.319 e. The second-order valence-electron chi connectivity index (χ2n) is 5.19. The van der Waals surface area contributed by atoms with E-state index in [9.17, 15) is 0 Å². The van der Waals surface area contributed by atoms with Crippen LogP contribution < -0.4 is 5.32 Å². The molecule has 0 saturated heterocycles.